The molecule has 0 aromatic heterocycles. The Balaban J connectivity index is 1.53. The van der Waals surface area contributed by atoms with Crippen LogP contribution in [-0.4, -0.2) is 19.2 Å². The molecule has 0 spiro atoms. The first-order chi connectivity index (χ1) is 11.2. The van der Waals surface area contributed by atoms with Crippen LogP contribution in [0.5, 0.6) is 0 Å². The fourth-order valence-corrected chi connectivity index (χ4v) is 3.35. The van der Waals surface area contributed by atoms with E-state index in [2.05, 4.69) is 73.8 Å². The molecule has 1 aliphatic rings. The van der Waals surface area contributed by atoms with E-state index in [1.807, 2.05) is 0 Å². The number of rotatable bonds is 6. The van der Waals surface area contributed by atoms with Gasteiger partial charge in [-0.2, -0.15) is 0 Å². The minimum atomic E-state index is 0.231. The molecule has 3 atom stereocenters. The van der Waals surface area contributed by atoms with E-state index in [1.165, 1.54) is 16.7 Å². The number of benzene rings is 2. The second-order valence-electron chi connectivity index (χ2n) is 6.66. The van der Waals surface area contributed by atoms with Crippen LogP contribution >= 0.6 is 0 Å². The molecule has 2 heteroatoms. The first-order valence-corrected chi connectivity index (χ1v) is 8.71. The third kappa shape index (κ3) is 4.21. The van der Waals surface area contributed by atoms with Crippen molar-refractivity contribution in [3.05, 3.63) is 71.3 Å². The molecule has 3 unspecified atom stereocenters. The third-order valence-electron chi connectivity index (χ3n) is 4.80. The molecule has 3 rings (SSSR count). The maximum Gasteiger partial charge on any atom is 0.0842 e. The second kappa shape index (κ2) is 7.76. The van der Waals surface area contributed by atoms with Crippen LogP contribution in [0.15, 0.2) is 54.6 Å². The molecule has 0 saturated carbocycles. The molecule has 0 fully saturated rings. The van der Waals surface area contributed by atoms with Crippen LogP contribution in [0.4, 0.5) is 0 Å². The molecule has 0 aliphatic carbocycles. The summed E-state index contributed by atoms with van der Waals surface area (Å²) in [5.74, 6) is 0.526. The largest absolute Gasteiger partial charge is 0.373 e. The lowest BCUT2D eigenvalue weighted by molar-refractivity contribution is 0.0307. The monoisotopic (exact) mass is 309 g/mol. The molecule has 0 radical (unpaired) electrons. The Morgan fingerprint density at radius 3 is 2.61 bits per heavy atom. The highest BCUT2D eigenvalue weighted by atomic mass is 16.5. The van der Waals surface area contributed by atoms with Crippen molar-refractivity contribution >= 4 is 0 Å². The van der Waals surface area contributed by atoms with E-state index in [-0.39, 0.29) is 6.10 Å². The van der Waals surface area contributed by atoms with Crippen molar-refractivity contribution in [1.29, 1.82) is 0 Å². The Morgan fingerprint density at radius 1 is 1.04 bits per heavy atom. The van der Waals surface area contributed by atoms with E-state index < -0.39 is 0 Å². The lowest BCUT2D eigenvalue weighted by Crippen LogP contribution is -2.32. The molecule has 1 heterocycles. The van der Waals surface area contributed by atoms with Gasteiger partial charge in [0.15, 0.2) is 0 Å². The summed E-state index contributed by atoms with van der Waals surface area (Å²) in [5.41, 5.74) is 4.23. The third-order valence-corrected chi connectivity index (χ3v) is 4.80. The Morgan fingerprint density at radius 2 is 1.78 bits per heavy atom. The van der Waals surface area contributed by atoms with E-state index in [9.17, 15) is 0 Å². The van der Waals surface area contributed by atoms with Gasteiger partial charge in [0.05, 0.1) is 12.7 Å². The normalized spacial score (nSPS) is 19.8. The van der Waals surface area contributed by atoms with Gasteiger partial charge in [-0.25, -0.2) is 0 Å². The van der Waals surface area contributed by atoms with Crippen LogP contribution in [0.1, 0.15) is 49.0 Å². The van der Waals surface area contributed by atoms with E-state index in [0.29, 0.717) is 12.0 Å². The van der Waals surface area contributed by atoms with Gasteiger partial charge in [-0.1, -0.05) is 61.5 Å². The highest BCUT2D eigenvalue weighted by Gasteiger charge is 2.22. The summed E-state index contributed by atoms with van der Waals surface area (Å²) in [7, 11) is 0. The number of hydrogen-bond acceptors (Lipinski definition) is 2. The smallest absolute Gasteiger partial charge is 0.0842 e. The van der Waals surface area contributed by atoms with Gasteiger partial charge < -0.3 is 10.1 Å². The molecular weight excluding hydrogens is 282 g/mol. The standard InChI is InChI=1S/C21H27NO/c1-16(18-8-4-3-5-9-18)15-22-17(2)14-21-20-11-7-6-10-19(20)12-13-23-21/h3-11,16-17,21-22H,12-15H2,1-2H3. The lowest BCUT2D eigenvalue weighted by Gasteiger charge is -2.29. The van der Waals surface area contributed by atoms with Crippen molar-refractivity contribution < 1.29 is 4.74 Å². The first kappa shape index (κ1) is 16.2. The summed E-state index contributed by atoms with van der Waals surface area (Å²) >= 11 is 0. The summed E-state index contributed by atoms with van der Waals surface area (Å²) < 4.78 is 6.03. The highest BCUT2D eigenvalue weighted by Crippen LogP contribution is 2.30. The van der Waals surface area contributed by atoms with Gasteiger partial charge in [-0.3, -0.25) is 0 Å². The summed E-state index contributed by atoms with van der Waals surface area (Å²) in [6, 6.07) is 19.9. The molecule has 1 N–H and O–H groups in total. The SMILES string of the molecule is CC(CC1OCCc2ccccc21)NCC(C)c1ccccc1. The number of hydrogen-bond donors (Lipinski definition) is 1. The van der Waals surface area contributed by atoms with Crippen LogP contribution in [0.3, 0.4) is 0 Å². The van der Waals surface area contributed by atoms with Gasteiger partial charge in [-0.15, -0.1) is 0 Å². The minimum absolute atomic E-state index is 0.231. The Hall–Kier alpha value is -1.64. The van der Waals surface area contributed by atoms with Gasteiger partial charge in [0.25, 0.3) is 0 Å². The zero-order chi connectivity index (χ0) is 16.1. The summed E-state index contributed by atoms with van der Waals surface area (Å²) in [5, 5.41) is 3.68. The van der Waals surface area contributed by atoms with E-state index in [4.69, 9.17) is 4.74 Å². The summed E-state index contributed by atoms with van der Waals surface area (Å²) in [6.45, 7) is 6.38. The molecule has 23 heavy (non-hydrogen) atoms. The maximum atomic E-state index is 6.03. The molecule has 2 aromatic rings. The Kier molecular flexibility index (Phi) is 5.47. The number of fused-ring (bicyclic) bond motifs is 1. The maximum absolute atomic E-state index is 6.03. The van der Waals surface area contributed by atoms with Crippen LogP contribution < -0.4 is 5.32 Å². The first-order valence-electron chi connectivity index (χ1n) is 8.71. The zero-order valence-corrected chi connectivity index (χ0v) is 14.2. The van der Waals surface area contributed by atoms with E-state index in [1.54, 1.807) is 0 Å². The van der Waals surface area contributed by atoms with Crippen molar-refractivity contribution in [3.8, 4) is 0 Å². The lowest BCUT2D eigenvalue weighted by atomic mass is 9.93. The van der Waals surface area contributed by atoms with Gasteiger partial charge in [-0.05, 0) is 42.4 Å². The van der Waals surface area contributed by atoms with Crippen molar-refractivity contribution in [2.45, 2.75) is 44.8 Å². The van der Waals surface area contributed by atoms with Gasteiger partial charge in [0.2, 0.25) is 0 Å². The van der Waals surface area contributed by atoms with Crippen molar-refractivity contribution in [1.82, 2.24) is 5.32 Å². The van der Waals surface area contributed by atoms with Gasteiger partial charge >= 0.3 is 0 Å². The van der Waals surface area contributed by atoms with Crippen LogP contribution in [-0.2, 0) is 11.2 Å². The van der Waals surface area contributed by atoms with Crippen LogP contribution in [0.2, 0.25) is 0 Å². The fourth-order valence-electron chi connectivity index (χ4n) is 3.35. The molecule has 122 valence electrons. The van der Waals surface area contributed by atoms with E-state index in [0.717, 1.165) is 26.0 Å². The molecule has 0 saturated heterocycles. The summed E-state index contributed by atoms with van der Waals surface area (Å²) in [6.07, 6.45) is 2.30. The van der Waals surface area contributed by atoms with Gasteiger partial charge in [0, 0.05) is 12.6 Å². The van der Waals surface area contributed by atoms with Crippen molar-refractivity contribution in [2.75, 3.05) is 13.2 Å². The predicted molar refractivity (Wildman–Crippen MR) is 95.8 cm³/mol. The highest BCUT2D eigenvalue weighted by molar-refractivity contribution is 5.31. The van der Waals surface area contributed by atoms with Crippen molar-refractivity contribution in [2.24, 2.45) is 0 Å². The Labute approximate surface area is 139 Å². The molecule has 2 aromatic carbocycles. The Bertz CT molecular complexity index is 610. The molecule has 1 aliphatic heterocycles. The number of ether oxygens (including phenoxy) is 1. The second-order valence-corrected chi connectivity index (χ2v) is 6.66. The average molecular weight is 309 g/mol. The minimum Gasteiger partial charge on any atom is -0.373 e. The van der Waals surface area contributed by atoms with Crippen LogP contribution in [0.25, 0.3) is 0 Å². The zero-order valence-electron chi connectivity index (χ0n) is 14.2. The molecular formula is C21H27NO. The molecule has 2 nitrogen and oxygen atoms in total. The predicted octanol–water partition coefficient (Wildman–Crippen LogP) is 4.47. The summed E-state index contributed by atoms with van der Waals surface area (Å²) in [4.78, 5) is 0. The van der Waals surface area contributed by atoms with Crippen LogP contribution in [0, 0.1) is 0 Å². The fraction of sp³-hybridized carbons (Fsp3) is 0.429. The quantitative estimate of drug-likeness (QED) is 0.850. The van der Waals surface area contributed by atoms with Gasteiger partial charge in [0.1, 0.15) is 0 Å². The molecule has 0 amide bonds. The number of nitrogens with one attached hydrogen (secondary N) is 1. The van der Waals surface area contributed by atoms with Crippen molar-refractivity contribution in [3.63, 3.8) is 0 Å². The topological polar surface area (TPSA) is 21.3 Å². The molecule has 0 bridgehead atoms. The average Bonchev–Trinajstić information content (AvgIpc) is 2.61. The van der Waals surface area contributed by atoms with E-state index >= 15 is 0 Å².